The van der Waals surface area contributed by atoms with Crippen molar-refractivity contribution in [3.8, 4) is 0 Å². The lowest BCUT2D eigenvalue weighted by molar-refractivity contribution is 0.567. The van der Waals surface area contributed by atoms with Gasteiger partial charge in [-0.2, -0.15) is 0 Å². The lowest BCUT2D eigenvalue weighted by Gasteiger charge is -2.16. The predicted molar refractivity (Wildman–Crippen MR) is 75.5 cm³/mol. The molecule has 0 N–H and O–H groups in total. The molecule has 2 nitrogen and oxygen atoms in total. The first kappa shape index (κ1) is 14.2. The fraction of sp³-hybridized carbons (Fsp3) is 0.357. The molecule has 19 heavy (non-hydrogen) atoms. The Kier molecular flexibility index (Phi) is 4.04. The van der Waals surface area contributed by atoms with E-state index in [0.29, 0.717) is 13.0 Å². The molecule has 1 aromatic carbocycles. The summed E-state index contributed by atoms with van der Waals surface area (Å²) in [5.74, 6) is -1.47. The maximum Gasteiger partial charge on any atom is 0.189 e. The highest BCUT2D eigenvalue weighted by Gasteiger charge is 2.17. The van der Waals surface area contributed by atoms with Crippen molar-refractivity contribution in [1.82, 2.24) is 4.57 Å². The number of aromatic nitrogens is 1. The maximum atomic E-state index is 14.3. The van der Waals surface area contributed by atoms with Crippen molar-refractivity contribution >= 4 is 26.8 Å². The van der Waals surface area contributed by atoms with Gasteiger partial charge in [0.05, 0.1) is 15.4 Å². The van der Waals surface area contributed by atoms with Gasteiger partial charge in [0.15, 0.2) is 11.2 Å². The first-order valence-electron chi connectivity index (χ1n) is 6.21. The second-order valence-corrected chi connectivity index (χ2v) is 5.18. The van der Waals surface area contributed by atoms with Gasteiger partial charge in [-0.05, 0) is 34.8 Å². The van der Waals surface area contributed by atoms with Crippen LogP contribution in [0.15, 0.2) is 21.4 Å². The number of fused-ring (bicyclic) bond motifs is 1. The van der Waals surface area contributed by atoms with Crippen molar-refractivity contribution < 1.29 is 8.78 Å². The third-order valence-corrected chi connectivity index (χ3v) is 3.85. The lowest BCUT2D eigenvalue weighted by atomic mass is 10.1. The summed E-state index contributed by atoms with van der Waals surface area (Å²) in [4.78, 5) is 12.0. The van der Waals surface area contributed by atoms with Gasteiger partial charge in [0, 0.05) is 18.3 Å². The summed E-state index contributed by atoms with van der Waals surface area (Å²) in [6, 6.07) is 2.56. The van der Waals surface area contributed by atoms with Crippen LogP contribution >= 0.6 is 15.9 Å². The standard InChI is InChI=1S/C14H14BrF2NO/c1-3-5-18-8(4-2)6-11(19)9-7-10(16)12(15)13(17)14(9)18/h6-7H,3-5H2,1-2H3. The molecule has 0 aliphatic heterocycles. The Morgan fingerprint density at radius 3 is 2.53 bits per heavy atom. The molecule has 0 saturated heterocycles. The summed E-state index contributed by atoms with van der Waals surface area (Å²) < 4.78 is 29.4. The first-order chi connectivity index (χ1) is 9.01. The van der Waals surface area contributed by atoms with Crippen LogP contribution in [0.3, 0.4) is 0 Å². The van der Waals surface area contributed by atoms with Crippen LogP contribution in [0.4, 0.5) is 8.78 Å². The molecule has 0 aliphatic carbocycles. The molecular weight excluding hydrogens is 316 g/mol. The lowest BCUT2D eigenvalue weighted by Crippen LogP contribution is -2.15. The Morgan fingerprint density at radius 1 is 1.26 bits per heavy atom. The number of benzene rings is 1. The van der Waals surface area contributed by atoms with Gasteiger partial charge in [-0.3, -0.25) is 4.79 Å². The Bertz CT molecular complexity index is 694. The van der Waals surface area contributed by atoms with Crippen molar-refractivity contribution in [2.75, 3.05) is 0 Å². The monoisotopic (exact) mass is 329 g/mol. The summed E-state index contributed by atoms with van der Waals surface area (Å²) in [6.45, 7) is 4.47. The van der Waals surface area contributed by atoms with Gasteiger partial charge in [0.25, 0.3) is 0 Å². The van der Waals surface area contributed by atoms with E-state index in [4.69, 9.17) is 0 Å². The van der Waals surface area contributed by atoms with Crippen LogP contribution in [0.2, 0.25) is 0 Å². The maximum absolute atomic E-state index is 14.3. The van der Waals surface area contributed by atoms with Crippen LogP contribution in [0.5, 0.6) is 0 Å². The van der Waals surface area contributed by atoms with Crippen LogP contribution in [-0.4, -0.2) is 4.57 Å². The predicted octanol–water partition coefficient (Wildman–Crippen LogP) is 4.01. The molecule has 1 aromatic heterocycles. The molecule has 1 heterocycles. The number of hydrogen-bond donors (Lipinski definition) is 0. The molecule has 0 radical (unpaired) electrons. The largest absolute Gasteiger partial charge is 0.342 e. The average molecular weight is 330 g/mol. The Morgan fingerprint density at radius 2 is 1.95 bits per heavy atom. The number of rotatable bonds is 3. The molecule has 0 amide bonds. The van der Waals surface area contributed by atoms with E-state index >= 15 is 0 Å². The van der Waals surface area contributed by atoms with Crippen LogP contribution in [0.25, 0.3) is 10.9 Å². The van der Waals surface area contributed by atoms with E-state index in [2.05, 4.69) is 15.9 Å². The van der Waals surface area contributed by atoms with E-state index in [1.165, 1.54) is 6.07 Å². The Hall–Kier alpha value is -1.23. The van der Waals surface area contributed by atoms with Gasteiger partial charge in [0.1, 0.15) is 5.82 Å². The molecule has 0 spiro atoms. The summed E-state index contributed by atoms with van der Waals surface area (Å²) in [5, 5.41) is 0.0869. The van der Waals surface area contributed by atoms with E-state index in [1.807, 2.05) is 13.8 Å². The molecule has 0 unspecified atom stereocenters. The molecule has 0 bridgehead atoms. The zero-order valence-corrected chi connectivity index (χ0v) is 12.4. The summed E-state index contributed by atoms with van der Waals surface area (Å²) in [5.41, 5.74) is 0.598. The van der Waals surface area contributed by atoms with Gasteiger partial charge in [-0.25, -0.2) is 8.78 Å². The van der Waals surface area contributed by atoms with Crippen molar-refractivity contribution in [1.29, 1.82) is 0 Å². The smallest absolute Gasteiger partial charge is 0.189 e. The van der Waals surface area contributed by atoms with E-state index in [0.717, 1.165) is 18.2 Å². The number of nitrogens with zero attached hydrogens (tertiary/aromatic N) is 1. The van der Waals surface area contributed by atoms with Gasteiger partial charge >= 0.3 is 0 Å². The van der Waals surface area contributed by atoms with E-state index in [9.17, 15) is 13.6 Å². The second kappa shape index (κ2) is 5.41. The van der Waals surface area contributed by atoms with Crippen LogP contribution in [0, 0.1) is 11.6 Å². The summed E-state index contributed by atoms with van der Waals surface area (Å²) >= 11 is 2.89. The first-order valence-corrected chi connectivity index (χ1v) is 7.00. The molecule has 102 valence electrons. The second-order valence-electron chi connectivity index (χ2n) is 4.39. The van der Waals surface area contributed by atoms with Gasteiger partial charge < -0.3 is 4.57 Å². The highest BCUT2D eigenvalue weighted by atomic mass is 79.9. The zero-order chi connectivity index (χ0) is 14.2. The summed E-state index contributed by atoms with van der Waals surface area (Å²) in [7, 11) is 0. The number of halogens is 3. The minimum absolute atomic E-state index is 0.0869. The van der Waals surface area contributed by atoms with E-state index < -0.39 is 11.6 Å². The Balaban J connectivity index is 2.99. The van der Waals surface area contributed by atoms with Gasteiger partial charge in [-0.15, -0.1) is 0 Å². The van der Waals surface area contributed by atoms with Crippen molar-refractivity contribution in [2.45, 2.75) is 33.2 Å². The molecular formula is C14H14BrF2NO. The molecule has 0 atom stereocenters. The molecule has 5 heteroatoms. The average Bonchev–Trinajstić information content (AvgIpc) is 2.39. The fourth-order valence-corrected chi connectivity index (χ4v) is 2.56. The van der Waals surface area contributed by atoms with Gasteiger partial charge in [-0.1, -0.05) is 13.8 Å². The third kappa shape index (κ3) is 2.31. The molecule has 2 rings (SSSR count). The van der Waals surface area contributed by atoms with Crippen LogP contribution in [0.1, 0.15) is 26.0 Å². The minimum atomic E-state index is -0.755. The van der Waals surface area contributed by atoms with E-state index in [-0.39, 0.29) is 20.8 Å². The summed E-state index contributed by atoms with van der Waals surface area (Å²) in [6.07, 6.45) is 1.43. The van der Waals surface area contributed by atoms with Crippen molar-refractivity contribution in [3.05, 3.63) is 44.2 Å². The quantitative estimate of drug-likeness (QED) is 0.780. The molecule has 0 fully saturated rings. The highest BCUT2D eigenvalue weighted by molar-refractivity contribution is 9.10. The van der Waals surface area contributed by atoms with Crippen LogP contribution in [-0.2, 0) is 13.0 Å². The highest BCUT2D eigenvalue weighted by Crippen LogP contribution is 2.27. The van der Waals surface area contributed by atoms with Gasteiger partial charge in [0.2, 0.25) is 0 Å². The third-order valence-electron chi connectivity index (χ3n) is 3.13. The molecule has 0 aliphatic rings. The number of aryl methyl sites for hydroxylation is 2. The van der Waals surface area contributed by atoms with Crippen molar-refractivity contribution in [2.24, 2.45) is 0 Å². The molecule has 2 aromatic rings. The van der Waals surface area contributed by atoms with Crippen molar-refractivity contribution in [3.63, 3.8) is 0 Å². The van der Waals surface area contributed by atoms with Crippen LogP contribution < -0.4 is 5.43 Å². The number of pyridine rings is 1. The SMILES string of the molecule is CCCn1c(CC)cc(=O)c2cc(F)c(Br)c(F)c21. The number of hydrogen-bond acceptors (Lipinski definition) is 1. The minimum Gasteiger partial charge on any atom is -0.342 e. The Labute approximate surface area is 118 Å². The topological polar surface area (TPSA) is 22.0 Å². The van der Waals surface area contributed by atoms with E-state index in [1.54, 1.807) is 4.57 Å². The normalized spacial score (nSPS) is 11.2. The molecule has 0 saturated carbocycles. The fourth-order valence-electron chi connectivity index (χ4n) is 2.26. The zero-order valence-electron chi connectivity index (χ0n) is 10.8.